The summed E-state index contributed by atoms with van der Waals surface area (Å²) in [7, 11) is -1.24. The molecule has 0 radical (unpaired) electrons. The van der Waals surface area contributed by atoms with E-state index in [1.54, 1.807) is 62.1 Å². The summed E-state index contributed by atoms with van der Waals surface area (Å²) in [6, 6.07) is 4.81. The molecule has 1 rings (SSSR count). The number of hydrogen-bond donors (Lipinski definition) is 0. The molecule has 1 aromatic carbocycles. The van der Waals surface area contributed by atoms with E-state index in [1.165, 1.54) is 211 Å². The van der Waals surface area contributed by atoms with E-state index in [0.717, 1.165) is 6.07 Å². The summed E-state index contributed by atoms with van der Waals surface area (Å²) < 4.78 is 0. The summed E-state index contributed by atoms with van der Waals surface area (Å²) in [6.45, 7) is 18.9. The van der Waals surface area contributed by atoms with Gasteiger partial charge in [0.2, 0.25) is 0 Å². The van der Waals surface area contributed by atoms with Gasteiger partial charge in [0.05, 0.1) is 61.2 Å². The number of benzene rings is 1. The van der Waals surface area contributed by atoms with Gasteiger partial charge in [-0.3, -0.25) is 0 Å². The highest BCUT2D eigenvalue weighted by atomic mass is 31.2. The van der Waals surface area contributed by atoms with Gasteiger partial charge in [0.1, 0.15) is 0 Å². The molecule has 0 aliphatic carbocycles. The Morgan fingerprint density at radius 2 is 0.516 bits per heavy atom. The second-order valence-corrected chi connectivity index (χ2v) is 28.1. The lowest BCUT2D eigenvalue weighted by Crippen LogP contribution is -2.25. The van der Waals surface area contributed by atoms with Gasteiger partial charge in [-0.25, -0.2) is 0 Å². The molecular weight excluding hydrogens is 799 g/mol. The lowest BCUT2D eigenvalue weighted by molar-refractivity contribution is -0.255. The van der Waals surface area contributed by atoms with Gasteiger partial charge in [-0.15, -0.1) is 0 Å². The molecule has 0 N–H and O–H groups in total. The molecule has 0 aromatic heterocycles. The molecule has 0 aliphatic rings. The van der Waals surface area contributed by atoms with Crippen molar-refractivity contribution in [1.82, 2.24) is 0 Å². The summed E-state index contributed by atoms with van der Waals surface area (Å²) in [5.74, 6) is -2.81. The van der Waals surface area contributed by atoms with Crippen molar-refractivity contribution in [2.24, 2.45) is 0 Å². The number of rotatable bonds is 42. The van der Waals surface area contributed by atoms with Crippen LogP contribution in [0.15, 0.2) is 24.3 Å². The monoisotopic (exact) mass is 907 g/mol. The number of carbonyl (C=O) groups excluding carboxylic acids is 2. The van der Waals surface area contributed by atoms with Crippen LogP contribution >= 0.6 is 14.5 Å². The average Bonchev–Trinajstić information content (AvgIpc) is 3.28. The summed E-state index contributed by atoms with van der Waals surface area (Å²) in [5.41, 5.74) is -0.339. The number of unbranched alkanes of at least 4 members (excludes halogenated alkanes) is 24. The summed E-state index contributed by atoms with van der Waals surface area (Å²) in [4.78, 5) is 20.5. The van der Waals surface area contributed by atoms with E-state index in [-0.39, 0.29) is 11.1 Å². The van der Waals surface area contributed by atoms with Crippen LogP contribution in [0.25, 0.3) is 0 Å². The molecule has 366 valence electrons. The zero-order chi connectivity index (χ0) is 46.4. The SMILES string of the molecule is CCCCCCCCCCCC[P+](CCCC)(CCCC)CCCC.CCCCCCCCCCCC[P+](CCCC)(CCCC)CCCC.O=C([O-])c1cccc(C(=O)[O-])c1. The molecule has 0 atom stereocenters. The predicted molar refractivity (Wildman–Crippen MR) is 281 cm³/mol. The highest BCUT2D eigenvalue weighted by molar-refractivity contribution is 7.76. The van der Waals surface area contributed by atoms with Gasteiger partial charge in [-0.05, 0) is 81.4 Å². The van der Waals surface area contributed by atoms with Gasteiger partial charge in [-0.1, -0.05) is 215 Å². The van der Waals surface area contributed by atoms with Gasteiger partial charge in [0, 0.05) is 14.5 Å². The zero-order valence-electron chi connectivity index (χ0n) is 43.1. The maximum atomic E-state index is 10.3. The van der Waals surface area contributed by atoms with Crippen LogP contribution < -0.4 is 10.2 Å². The minimum absolute atomic E-state index is 0.170. The first-order valence-corrected chi connectivity index (χ1v) is 32.4. The molecule has 4 nitrogen and oxygen atoms in total. The largest absolute Gasteiger partial charge is 0.545 e. The fourth-order valence-electron chi connectivity index (χ4n) is 8.95. The lowest BCUT2D eigenvalue weighted by Gasteiger charge is -2.28. The number of aromatic carboxylic acids is 2. The Bertz CT molecular complexity index is 982. The van der Waals surface area contributed by atoms with Crippen molar-refractivity contribution < 1.29 is 19.8 Å². The van der Waals surface area contributed by atoms with Crippen molar-refractivity contribution in [2.75, 3.05) is 49.3 Å². The normalized spacial score (nSPS) is 11.5. The fourth-order valence-corrected chi connectivity index (χ4v) is 19.3. The van der Waals surface area contributed by atoms with Crippen LogP contribution in [0.4, 0.5) is 0 Å². The molecule has 0 saturated heterocycles. The Kier molecular flexibility index (Phi) is 47.4. The standard InChI is InChI=1S/2C24H52P.C8H6O4/c2*1-5-9-13-14-15-16-17-18-19-20-24-25(21-10-6-2,22-11-7-3)23-12-8-4;9-7(10)5-2-1-3-6(4-5)8(11)12/h2*5-24H2,1-4H3;1-4H,(H,9,10)(H,11,12)/q2*+1;/p-2. The minimum atomic E-state index is -1.40. The molecule has 0 aliphatic heterocycles. The van der Waals surface area contributed by atoms with Crippen LogP contribution in [0.5, 0.6) is 0 Å². The minimum Gasteiger partial charge on any atom is -0.545 e. The molecule has 0 bridgehead atoms. The zero-order valence-corrected chi connectivity index (χ0v) is 44.9. The van der Waals surface area contributed by atoms with Crippen molar-refractivity contribution in [1.29, 1.82) is 0 Å². The molecule has 0 unspecified atom stereocenters. The summed E-state index contributed by atoms with van der Waals surface area (Å²) in [6.07, 6.45) is 59.9. The van der Waals surface area contributed by atoms with Gasteiger partial charge in [-0.2, -0.15) is 0 Å². The van der Waals surface area contributed by atoms with E-state index >= 15 is 0 Å². The van der Waals surface area contributed by atoms with E-state index < -0.39 is 26.5 Å². The topological polar surface area (TPSA) is 80.3 Å². The van der Waals surface area contributed by atoms with Crippen LogP contribution in [0, 0.1) is 0 Å². The van der Waals surface area contributed by atoms with E-state index in [1.807, 2.05) is 0 Å². The molecule has 62 heavy (non-hydrogen) atoms. The third-order valence-corrected chi connectivity index (χ3v) is 23.3. The van der Waals surface area contributed by atoms with Gasteiger partial charge < -0.3 is 19.8 Å². The van der Waals surface area contributed by atoms with Crippen LogP contribution in [0.1, 0.15) is 282 Å². The Balaban J connectivity index is 0. The number of hydrogen-bond acceptors (Lipinski definition) is 4. The van der Waals surface area contributed by atoms with Crippen molar-refractivity contribution in [3.63, 3.8) is 0 Å². The van der Waals surface area contributed by atoms with Crippen LogP contribution in [0.3, 0.4) is 0 Å². The van der Waals surface area contributed by atoms with E-state index in [0.29, 0.717) is 0 Å². The number of carboxylic acids is 2. The van der Waals surface area contributed by atoms with Crippen molar-refractivity contribution in [3.05, 3.63) is 35.4 Å². The molecule has 1 aromatic rings. The Labute approximate surface area is 390 Å². The second-order valence-electron chi connectivity index (χ2n) is 19.1. The Hall–Kier alpha value is -0.980. The molecule has 0 heterocycles. The van der Waals surface area contributed by atoms with E-state index in [4.69, 9.17) is 0 Å². The first-order valence-electron chi connectivity index (χ1n) is 27.3. The highest BCUT2D eigenvalue weighted by Crippen LogP contribution is 2.62. The van der Waals surface area contributed by atoms with Crippen molar-refractivity contribution in [2.45, 2.75) is 261 Å². The molecule has 0 amide bonds. The number of carboxylic acid groups (broad SMARTS) is 2. The quantitative estimate of drug-likeness (QED) is 0.0483. The first kappa shape index (κ1) is 63.1. The summed E-state index contributed by atoms with van der Waals surface area (Å²) >= 11 is 0. The van der Waals surface area contributed by atoms with E-state index in [2.05, 4.69) is 55.4 Å². The van der Waals surface area contributed by atoms with Crippen molar-refractivity contribution in [3.8, 4) is 0 Å². The molecule has 0 fully saturated rings. The molecule has 0 saturated carbocycles. The first-order chi connectivity index (χ1) is 30.1. The maximum Gasteiger partial charge on any atom is 0.0715 e. The van der Waals surface area contributed by atoms with Gasteiger partial charge in [0.25, 0.3) is 0 Å². The highest BCUT2D eigenvalue weighted by Gasteiger charge is 2.35. The number of carbonyl (C=O) groups is 2. The van der Waals surface area contributed by atoms with Gasteiger partial charge >= 0.3 is 0 Å². The second kappa shape index (κ2) is 46.5. The van der Waals surface area contributed by atoms with E-state index in [9.17, 15) is 19.8 Å². The molecular formula is C56H108O4P2. The van der Waals surface area contributed by atoms with Crippen LogP contribution in [-0.2, 0) is 0 Å². The predicted octanol–water partition coefficient (Wildman–Crippen LogP) is 17.1. The molecule has 6 heteroatoms. The fraction of sp³-hybridized carbons (Fsp3) is 0.857. The van der Waals surface area contributed by atoms with Gasteiger partial charge in [0.15, 0.2) is 0 Å². The Morgan fingerprint density at radius 3 is 0.726 bits per heavy atom. The van der Waals surface area contributed by atoms with Crippen molar-refractivity contribution >= 4 is 26.5 Å². The Morgan fingerprint density at radius 1 is 0.323 bits per heavy atom. The average molecular weight is 907 g/mol. The maximum absolute atomic E-state index is 10.3. The third kappa shape index (κ3) is 37.3. The smallest absolute Gasteiger partial charge is 0.0715 e. The van der Waals surface area contributed by atoms with Crippen LogP contribution in [0.2, 0.25) is 0 Å². The van der Waals surface area contributed by atoms with Crippen LogP contribution in [-0.4, -0.2) is 61.2 Å². The third-order valence-electron chi connectivity index (χ3n) is 13.2. The lowest BCUT2D eigenvalue weighted by atomic mass is 10.1. The summed E-state index contributed by atoms with van der Waals surface area (Å²) in [5, 5.41) is 20.5. The molecule has 0 spiro atoms.